The van der Waals surface area contributed by atoms with Crippen LogP contribution in [0.15, 0.2) is 0 Å². The Balaban J connectivity index is 2.17. The van der Waals surface area contributed by atoms with Crippen molar-refractivity contribution in [1.29, 1.82) is 0 Å². The van der Waals surface area contributed by atoms with Gasteiger partial charge in [0.15, 0.2) is 0 Å². The molecule has 6 heteroatoms. The number of amides is 2. The fourth-order valence-corrected chi connectivity index (χ4v) is 2.10. The molecule has 0 aromatic heterocycles. The van der Waals surface area contributed by atoms with Crippen LogP contribution in [0, 0.1) is 0 Å². The van der Waals surface area contributed by atoms with E-state index in [1.54, 1.807) is 0 Å². The Morgan fingerprint density at radius 3 is 2.53 bits per heavy atom. The van der Waals surface area contributed by atoms with Gasteiger partial charge in [-0.3, -0.25) is 9.69 Å². The zero-order valence-corrected chi connectivity index (χ0v) is 11.8. The maximum atomic E-state index is 11.6. The summed E-state index contributed by atoms with van der Waals surface area (Å²) in [7, 11) is 0. The van der Waals surface area contributed by atoms with E-state index >= 15 is 0 Å². The van der Waals surface area contributed by atoms with Crippen molar-refractivity contribution in [2.24, 2.45) is 0 Å². The molecule has 19 heavy (non-hydrogen) atoms. The van der Waals surface area contributed by atoms with E-state index in [-0.39, 0.29) is 18.5 Å². The molecular formula is C13H25N3O3. The summed E-state index contributed by atoms with van der Waals surface area (Å²) in [5.74, 6) is -0.891. The summed E-state index contributed by atoms with van der Waals surface area (Å²) < 4.78 is 0. The van der Waals surface area contributed by atoms with Crippen LogP contribution in [0.2, 0.25) is 0 Å². The molecule has 1 aliphatic rings. The molecule has 2 amide bonds. The number of likely N-dealkylation sites (N-methyl/N-ethyl adjacent to an activating group) is 1. The normalized spacial score (nSPS) is 16.2. The van der Waals surface area contributed by atoms with Crippen molar-refractivity contribution < 1.29 is 14.7 Å². The number of urea groups is 1. The fraction of sp³-hybridized carbons (Fsp3) is 0.846. The van der Waals surface area contributed by atoms with Crippen molar-refractivity contribution >= 4 is 12.0 Å². The smallest absolute Gasteiger partial charge is 0.315 e. The lowest BCUT2D eigenvalue weighted by Crippen LogP contribution is -2.45. The van der Waals surface area contributed by atoms with Crippen molar-refractivity contribution in [2.75, 3.05) is 19.6 Å². The van der Waals surface area contributed by atoms with Gasteiger partial charge in [-0.05, 0) is 25.8 Å². The van der Waals surface area contributed by atoms with Crippen LogP contribution in [0.25, 0.3) is 0 Å². The van der Waals surface area contributed by atoms with E-state index in [9.17, 15) is 9.59 Å². The molecule has 0 aromatic carbocycles. The third kappa shape index (κ3) is 6.42. The van der Waals surface area contributed by atoms with Gasteiger partial charge in [0.1, 0.15) is 0 Å². The van der Waals surface area contributed by atoms with Crippen LogP contribution in [0.3, 0.4) is 0 Å². The van der Waals surface area contributed by atoms with E-state index in [0.29, 0.717) is 19.0 Å². The standard InChI is InChI=1S/C13H25N3O3/c1-3-10(9-12(17)18)15-13(19)14-7-8-16(4-2)11-5-6-11/h10-11H,3-9H2,1-2H3,(H,17,18)(H2,14,15,19). The number of carbonyl (C=O) groups is 2. The molecule has 1 aliphatic carbocycles. The van der Waals surface area contributed by atoms with Crippen molar-refractivity contribution in [3.05, 3.63) is 0 Å². The average Bonchev–Trinajstić information content (AvgIpc) is 3.17. The van der Waals surface area contributed by atoms with Crippen LogP contribution in [0.1, 0.15) is 39.5 Å². The minimum atomic E-state index is -0.891. The van der Waals surface area contributed by atoms with E-state index in [0.717, 1.165) is 13.1 Å². The highest BCUT2D eigenvalue weighted by atomic mass is 16.4. The number of nitrogens with zero attached hydrogens (tertiary/aromatic N) is 1. The molecule has 0 radical (unpaired) electrons. The molecule has 0 bridgehead atoms. The molecule has 1 fully saturated rings. The number of carbonyl (C=O) groups excluding carboxylic acids is 1. The molecule has 6 nitrogen and oxygen atoms in total. The van der Waals surface area contributed by atoms with E-state index in [2.05, 4.69) is 22.5 Å². The summed E-state index contributed by atoms with van der Waals surface area (Å²) in [5, 5.41) is 14.2. The first kappa shape index (κ1) is 15.8. The lowest BCUT2D eigenvalue weighted by Gasteiger charge is -2.20. The van der Waals surface area contributed by atoms with E-state index < -0.39 is 5.97 Å². The summed E-state index contributed by atoms with van der Waals surface area (Å²) in [4.78, 5) is 24.6. The first-order valence-corrected chi connectivity index (χ1v) is 7.07. The van der Waals surface area contributed by atoms with Crippen LogP contribution >= 0.6 is 0 Å². The number of hydrogen-bond acceptors (Lipinski definition) is 3. The Kier molecular flexibility index (Phi) is 6.62. The highest BCUT2D eigenvalue weighted by Crippen LogP contribution is 2.25. The molecule has 0 aromatic rings. The fourth-order valence-electron chi connectivity index (χ4n) is 2.10. The van der Waals surface area contributed by atoms with Crippen molar-refractivity contribution in [3.8, 4) is 0 Å². The molecule has 1 rings (SSSR count). The van der Waals surface area contributed by atoms with Crippen LogP contribution in [0.5, 0.6) is 0 Å². The quantitative estimate of drug-likeness (QED) is 0.585. The van der Waals surface area contributed by atoms with Gasteiger partial charge >= 0.3 is 12.0 Å². The largest absolute Gasteiger partial charge is 0.481 e. The second kappa shape index (κ2) is 7.99. The minimum absolute atomic E-state index is 0.0346. The predicted molar refractivity (Wildman–Crippen MR) is 73.1 cm³/mol. The van der Waals surface area contributed by atoms with Gasteiger partial charge in [0.05, 0.1) is 6.42 Å². The van der Waals surface area contributed by atoms with E-state index in [1.165, 1.54) is 12.8 Å². The number of hydrogen-bond donors (Lipinski definition) is 3. The van der Waals surface area contributed by atoms with Gasteiger partial charge in [-0.2, -0.15) is 0 Å². The molecule has 0 saturated heterocycles. The first-order chi connectivity index (χ1) is 9.06. The second-order valence-electron chi connectivity index (χ2n) is 4.96. The third-order valence-electron chi connectivity index (χ3n) is 3.40. The Morgan fingerprint density at radius 1 is 1.37 bits per heavy atom. The van der Waals surface area contributed by atoms with Gasteiger partial charge in [0.25, 0.3) is 0 Å². The minimum Gasteiger partial charge on any atom is -0.481 e. The highest BCUT2D eigenvalue weighted by molar-refractivity contribution is 5.75. The topological polar surface area (TPSA) is 81.7 Å². The van der Waals surface area contributed by atoms with Crippen molar-refractivity contribution in [2.45, 2.75) is 51.6 Å². The van der Waals surface area contributed by atoms with Gasteiger partial charge < -0.3 is 15.7 Å². The van der Waals surface area contributed by atoms with Crippen LogP contribution in [-0.4, -0.2) is 53.7 Å². The maximum Gasteiger partial charge on any atom is 0.315 e. The first-order valence-electron chi connectivity index (χ1n) is 7.07. The van der Waals surface area contributed by atoms with Gasteiger partial charge in [-0.25, -0.2) is 4.79 Å². The molecule has 1 saturated carbocycles. The summed E-state index contributed by atoms with van der Waals surface area (Å²) in [5.41, 5.74) is 0. The van der Waals surface area contributed by atoms with E-state index in [1.807, 2.05) is 6.92 Å². The number of aliphatic carboxylic acids is 1. The summed E-state index contributed by atoms with van der Waals surface area (Å²) in [6.45, 7) is 6.44. The molecule has 1 unspecified atom stereocenters. The monoisotopic (exact) mass is 271 g/mol. The number of carboxylic acid groups (broad SMARTS) is 1. The lowest BCUT2D eigenvalue weighted by atomic mass is 10.1. The van der Waals surface area contributed by atoms with Crippen LogP contribution < -0.4 is 10.6 Å². The van der Waals surface area contributed by atoms with Crippen molar-refractivity contribution in [1.82, 2.24) is 15.5 Å². The average molecular weight is 271 g/mol. The number of carboxylic acids is 1. The summed E-state index contributed by atoms with van der Waals surface area (Å²) >= 11 is 0. The molecule has 0 heterocycles. The molecular weight excluding hydrogens is 246 g/mol. The highest BCUT2D eigenvalue weighted by Gasteiger charge is 2.27. The summed E-state index contributed by atoms with van der Waals surface area (Å²) in [6, 6.07) is 0.119. The lowest BCUT2D eigenvalue weighted by molar-refractivity contribution is -0.137. The van der Waals surface area contributed by atoms with Gasteiger partial charge in [0, 0.05) is 25.2 Å². The molecule has 110 valence electrons. The van der Waals surface area contributed by atoms with Gasteiger partial charge in [0.2, 0.25) is 0 Å². The Morgan fingerprint density at radius 2 is 2.05 bits per heavy atom. The van der Waals surface area contributed by atoms with E-state index in [4.69, 9.17) is 5.11 Å². The predicted octanol–water partition coefficient (Wildman–Crippen LogP) is 1.02. The maximum absolute atomic E-state index is 11.6. The molecule has 1 atom stereocenters. The van der Waals surface area contributed by atoms with Crippen molar-refractivity contribution in [3.63, 3.8) is 0 Å². The Hall–Kier alpha value is -1.30. The number of rotatable bonds is 9. The Labute approximate surface area is 114 Å². The van der Waals surface area contributed by atoms with Crippen LogP contribution in [0.4, 0.5) is 4.79 Å². The zero-order valence-electron chi connectivity index (χ0n) is 11.8. The molecule has 0 aliphatic heterocycles. The third-order valence-corrected chi connectivity index (χ3v) is 3.40. The second-order valence-corrected chi connectivity index (χ2v) is 4.96. The summed E-state index contributed by atoms with van der Waals surface area (Å²) in [6.07, 6.45) is 3.10. The zero-order chi connectivity index (χ0) is 14.3. The van der Waals surface area contributed by atoms with Gasteiger partial charge in [-0.15, -0.1) is 0 Å². The Bertz CT molecular complexity index is 306. The van der Waals surface area contributed by atoms with Crippen LogP contribution in [-0.2, 0) is 4.79 Å². The molecule has 0 spiro atoms. The number of nitrogens with one attached hydrogen (secondary N) is 2. The molecule has 3 N–H and O–H groups in total. The SMILES string of the molecule is CCC(CC(=O)O)NC(=O)NCCN(CC)C1CC1. The van der Waals surface area contributed by atoms with Gasteiger partial charge in [-0.1, -0.05) is 13.8 Å².